The fourth-order valence-corrected chi connectivity index (χ4v) is 10.1. The summed E-state index contributed by atoms with van der Waals surface area (Å²) in [6, 6.07) is 72.9. The third kappa shape index (κ3) is 3.80. The van der Waals surface area contributed by atoms with Gasteiger partial charge in [0, 0.05) is 0 Å². The molecule has 0 amide bonds. The average molecular weight is 669 g/mol. The van der Waals surface area contributed by atoms with E-state index in [9.17, 15) is 0 Å². The van der Waals surface area contributed by atoms with E-state index in [0.717, 1.165) is 0 Å². The van der Waals surface area contributed by atoms with Gasteiger partial charge in [-0.05, 0) is 134 Å². The van der Waals surface area contributed by atoms with Gasteiger partial charge in [0.1, 0.15) is 0 Å². The second-order valence-corrected chi connectivity index (χ2v) is 14.7. The van der Waals surface area contributed by atoms with Gasteiger partial charge in [0.05, 0.1) is 5.41 Å². The molecule has 10 aromatic carbocycles. The summed E-state index contributed by atoms with van der Waals surface area (Å²) >= 11 is 0. The predicted octanol–water partition coefficient (Wildman–Crippen LogP) is 14.0. The van der Waals surface area contributed by atoms with Crippen LogP contribution in [0.5, 0.6) is 0 Å². The molecule has 12 rings (SSSR count). The second kappa shape index (κ2) is 10.6. The Morgan fingerprint density at radius 3 is 1.58 bits per heavy atom. The van der Waals surface area contributed by atoms with Gasteiger partial charge in [-0.1, -0.05) is 170 Å². The molecule has 10 aromatic rings. The Kier molecular flexibility index (Phi) is 5.80. The molecule has 0 saturated heterocycles. The van der Waals surface area contributed by atoms with Crippen LogP contribution in [0.3, 0.4) is 0 Å². The van der Waals surface area contributed by atoms with Crippen molar-refractivity contribution in [3.8, 4) is 44.5 Å². The topological polar surface area (TPSA) is 0 Å². The van der Waals surface area contributed by atoms with Gasteiger partial charge in [0.2, 0.25) is 0 Å². The van der Waals surface area contributed by atoms with Gasteiger partial charge >= 0.3 is 0 Å². The normalized spacial score (nSPS) is 13.4. The Hall–Kier alpha value is -6.76. The minimum Gasteiger partial charge on any atom is -0.0619 e. The maximum Gasteiger partial charge on any atom is 0.0725 e. The minimum atomic E-state index is -0.395. The highest BCUT2D eigenvalue weighted by Gasteiger charge is 2.52. The zero-order chi connectivity index (χ0) is 34.7. The van der Waals surface area contributed by atoms with Gasteiger partial charge in [0.15, 0.2) is 0 Å². The molecule has 0 saturated carbocycles. The van der Waals surface area contributed by atoms with Gasteiger partial charge in [-0.25, -0.2) is 0 Å². The van der Waals surface area contributed by atoms with E-state index in [-0.39, 0.29) is 0 Å². The summed E-state index contributed by atoms with van der Waals surface area (Å²) in [6.45, 7) is 0. The van der Waals surface area contributed by atoms with E-state index in [4.69, 9.17) is 0 Å². The zero-order valence-corrected chi connectivity index (χ0v) is 29.0. The highest BCUT2D eigenvalue weighted by molar-refractivity contribution is 6.15. The van der Waals surface area contributed by atoms with Crippen LogP contribution in [0.2, 0.25) is 0 Å². The van der Waals surface area contributed by atoms with Crippen molar-refractivity contribution in [3.05, 3.63) is 216 Å². The molecule has 53 heavy (non-hydrogen) atoms. The van der Waals surface area contributed by atoms with Gasteiger partial charge in [0.25, 0.3) is 0 Å². The van der Waals surface area contributed by atoms with E-state index >= 15 is 0 Å². The van der Waals surface area contributed by atoms with E-state index in [1.165, 1.54) is 110 Å². The lowest BCUT2D eigenvalue weighted by atomic mass is 9.70. The number of hydrogen-bond donors (Lipinski definition) is 0. The number of benzene rings is 10. The highest BCUT2D eigenvalue weighted by atomic mass is 14.5. The Balaban J connectivity index is 1.13. The molecule has 0 atom stereocenters. The summed E-state index contributed by atoms with van der Waals surface area (Å²) in [5, 5.41) is 10.2. The smallest absolute Gasteiger partial charge is 0.0619 e. The van der Waals surface area contributed by atoms with E-state index in [1.54, 1.807) is 0 Å². The van der Waals surface area contributed by atoms with Crippen molar-refractivity contribution < 1.29 is 0 Å². The molecule has 0 heterocycles. The van der Waals surface area contributed by atoms with Crippen molar-refractivity contribution in [2.45, 2.75) is 5.41 Å². The molecule has 0 aromatic heterocycles. The van der Waals surface area contributed by atoms with Crippen molar-refractivity contribution >= 4 is 43.1 Å². The Bertz CT molecular complexity index is 3130. The van der Waals surface area contributed by atoms with Gasteiger partial charge in [-0.15, -0.1) is 0 Å². The lowest BCUT2D eigenvalue weighted by Gasteiger charge is -2.30. The van der Waals surface area contributed by atoms with Crippen LogP contribution in [0.15, 0.2) is 194 Å². The van der Waals surface area contributed by atoms with Gasteiger partial charge < -0.3 is 0 Å². The van der Waals surface area contributed by atoms with Crippen LogP contribution < -0.4 is 0 Å². The molecule has 0 aliphatic heterocycles. The maximum absolute atomic E-state index is 2.52. The van der Waals surface area contributed by atoms with Crippen LogP contribution in [0, 0.1) is 0 Å². The average Bonchev–Trinajstić information content (AvgIpc) is 3.69. The van der Waals surface area contributed by atoms with Crippen LogP contribution in [0.1, 0.15) is 22.3 Å². The number of hydrogen-bond acceptors (Lipinski definition) is 0. The molecule has 2 aliphatic carbocycles. The maximum atomic E-state index is 2.52. The van der Waals surface area contributed by atoms with E-state index in [2.05, 4.69) is 194 Å². The molecular weight excluding hydrogens is 637 g/mol. The van der Waals surface area contributed by atoms with Gasteiger partial charge in [-0.2, -0.15) is 0 Å². The first-order valence-electron chi connectivity index (χ1n) is 18.6. The molecule has 0 N–H and O–H groups in total. The van der Waals surface area contributed by atoms with Crippen LogP contribution >= 0.6 is 0 Å². The van der Waals surface area contributed by atoms with E-state index in [1.807, 2.05) is 0 Å². The summed E-state index contributed by atoms with van der Waals surface area (Å²) in [6.07, 6.45) is 0. The van der Waals surface area contributed by atoms with Crippen molar-refractivity contribution in [3.63, 3.8) is 0 Å². The van der Waals surface area contributed by atoms with Crippen molar-refractivity contribution in [1.82, 2.24) is 0 Å². The molecular formula is C53H32. The Morgan fingerprint density at radius 2 is 0.811 bits per heavy atom. The lowest BCUT2D eigenvalue weighted by molar-refractivity contribution is 0.795. The van der Waals surface area contributed by atoms with Crippen molar-refractivity contribution in [2.24, 2.45) is 0 Å². The third-order valence-electron chi connectivity index (χ3n) is 12.2. The number of fused-ring (bicyclic) bond motifs is 16. The first kappa shape index (κ1) is 28.9. The minimum absolute atomic E-state index is 0.395. The predicted molar refractivity (Wildman–Crippen MR) is 224 cm³/mol. The third-order valence-corrected chi connectivity index (χ3v) is 12.2. The summed E-state index contributed by atoms with van der Waals surface area (Å²) in [5.41, 5.74) is 15.5. The van der Waals surface area contributed by atoms with Crippen LogP contribution in [-0.2, 0) is 5.41 Å². The molecule has 2 aliphatic rings. The molecule has 0 radical (unpaired) electrons. The first-order chi connectivity index (χ1) is 26.3. The Morgan fingerprint density at radius 1 is 0.245 bits per heavy atom. The quantitative estimate of drug-likeness (QED) is 0.161. The molecule has 0 unspecified atom stereocenters. The fourth-order valence-electron chi connectivity index (χ4n) is 10.1. The van der Waals surface area contributed by atoms with Crippen LogP contribution in [0.25, 0.3) is 87.6 Å². The molecule has 0 heteroatoms. The summed E-state index contributed by atoms with van der Waals surface area (Å²) in [7, 11) is 0. The molecule has 244 valence electrons. The monoisotopic (exact) mass is 668 g/mol. The molecule has 0 bridgehead atoms. The fraction of sp³-hybridized carbons (Fsp3) is 0.0189. The summed E-state index contributed by atoms with van der Waals surface area (Å²) in [4.78, 5) is 0. The zero-order valence-electron chi connectivity index (χ0n) is 29.0. The molecule has 1 spiro atoms. The van der Waals surface area contributed by atoms with Crippen molar-refractivity contribution in [1.29, 1.82) is 0 Å². The molecule has 0 fully saturated rings. The van der Waals surface area contributed by atoms with Gasteiger partial charge in [-0.3, -0.25) is 0 Å². The van der Waals surface area contributed by atoms with E-state index in [0.29, 0.717) is 0 Å². The molecule has 0 nitrogen and oxygen atoms in total. The van der Waals surface area contributed by atoms with Crippen LogP contribution in [0.4, 0.5) is 0 Å². The lowest BCUT2D eigenvalue weighted by Crippen LogP contribution is -2.25. The standard InChI is InChI=1S/C53H32/c1-4-17-40-33(13-1)27-28-50-52(40)47-30-34-25-26-36(29-37(34)32-51(47)53(50)48-23-11-9-21-44(48)45-22-10-12-24-49(45)53)39-16-5-6-19-42(39)46-31-35-14-2-3-15-38(35)41-18-7-8-20-43(41)46/h1-32H. The largest absolute Gasteiger partial charge is 0.0725 e. The first-order valence-corrected chi connectivity index (χ1v) is 18.6. The van der Waals surface area contributed by atoms with Crippen molar-refractivity contribution in [2.75, 3.05) is 0 Å². The second-order valence-electron chi connectivity index (χ2n) is 14.7. The number of rotatable bonds is 2. The van der Waals surface area contributed by atoms with E-state index < -0.39 is 5.41 Å². The summed E-state index contributed by atoms with van der Waals surface area (Å²) in [5.74, 6) is 0. The Labute approximate surface area is 308 Å². The summed E-state index contributed by atoms with van der Waals surface area (Å²) < 4.78 is 0. The SMILES string of the molecule is c1ccc(-c2cc3ccccc3c3ccccc23)c(-c2ccc3cc4c(cc3c2)C2(c3ccccc3-c3ccccc32)c2ccc3ccccc3c2-4)c1. The van der Waals surface area contributed by atoms with Crippen LogP contribution in [-0.4, -0.2) is 0 Å². The highest BCUT2D eigenvalue weighted by Crippen LogP contribution is 2.64.